The molecule has 154 valence electrons. The molecular weight excluding hydrogens is 402 g/mol. The lowest BCUT2D eigenvalue weighted by Gasteiger charge is -2.15. The van der Waals surface area contributed by atoms with E-state index in [1.165, 1.54) is 6.08 Å². The zero-order chi connectivity index (χ0) is 22.1. The van der Waals surface area contributed by atoms with Crippen molar-refractivity contribution in [1.29, 1.82) is 0 Å². The van der Waals surface area contributed by atoms with Crippen molar-refractivity contribution in [2.24, 2.45) is 0 Å². The minimum Gasteiger partial charge on any atom is -0.322 e. The predicted octanol–water partition coefficient (Wildman–Crippen LogP) is 4.69. The number of amides is 3. The van der Waals surface area contributed by atoms with Gasteiger partial charge in [0.05, 0.1) is 22.3 Å². The van der Waals surface area contributed by atoms with Crippen LogP contribution in [0, 0.1) is 0 Å². The molecule has 3 amide bonds. The van der Waals surface area contributed by atoms with Crippen molar-refractivity contribution < 1.29 is 14.4 Å². The number of rotatable bonds is 4. The average Bonchev–Trinajstić information content (AvgIpc) is 3.08. The number of fused-ring (bicyclic) bond motifs is 2. The Balaban J connectivity index is 1.35. The Labute approximate surface area is 183 Å². The summed E-state index contributed by atoms with van der Waals surface area (Å²) in [5, 5.41) is 3.77. The van der Waals surface area contributed by atoms with Crippen molar-refractivity contribution >= 4 is 46.1 Å². The van der Waals surface area contributed by atoms with Crippen molar-refractivity contribution in [3.8, 4) is 0 Å². The second kappa shape index (κ2) is 7.92. The molecule has 32 heavy (non-hydrogen) atoms. The molecule has 1 aliphatic heterocycles. The minimum atomic E-state index is -0.377. The van der Waals surface area contributed by atoms with E-state index in [0.717, 1.165) is 21.4 Å². The highest BCUT2D eigenvalue weighted by Gasteiger charge is 2.36. The number of imide groups is 1. The molecule has 5 rings (SSSR count). The number of hydrogen-bond acceptors (Lipinski definition) is 4. The monoisotopic (exact) mass is 419 g/mol. The van der Waals surface area contributed by atoms with Crippen LogP contribution >= 0.6 is 0 Å². The topological polar surface area (TPSA) is 79.4 Å². The smallest absolute Gasteiger partial charge is 0.266 e. The van der Waals surface area contributed by atoms with Gasteiger partial charge >= 0.3 is 0 Å². The van der Waals surface area contributed by atoms with Crippen LogP contribution in [0.25, 0.3) is 17.0 Å². The van der Waals surface area contributed by atoms with Crippen LogP contribution in [0.4, 0.5) is 11.4 Å². The van der Waals surface area contributed by atoms with Crippen LogP contribution in [0.2, 0.25) is 0 Å². The number of para-hydroxylation sites is 1. The first kappa shape index (κ1) is 19.4. The SMILES string of the molecule is O=C(/C=C/c1cccc2cccnc12)Nc1cccc(N2C(=O)c3ccccc3C2=O)c1. The van der Waals surface area contributed by atoms with E-state index in [9.17, 15) is 14.4 Å². The molecule has 3 aromatic carbocycles. The van der Waals surface area contributed by atoms with Gasteiger partial charge in [0.15, 0.2) is 0 Å². The molecule has 4 aromatic rings. The molecule has 0 unspecified atom stereocenters. The molecule has 6 heteroatoms. The molecule has 0 atom stereocenters. The molecule has 1 N–H and O–H groups in total. The van der Waals surface area contributed by atoms with Crippen molar-refractivity contribution in [1.82, 2.24) is 4.98 Å². The fourth-order valence-corrected chi connectivity index (χ4v) is 3.76. The van der Waals surface area contributed by atoms with Gasteiger partial charge in [0, 0.05) is 28.9 Å². The van der Waals surface area contributed by atoms with Gasteiger partial charge < -0.3 is 5.32 Å². The Morgan fingerprint density at radius 3 is 2.34 bits per heavy atom. The van der Waals surface area contributed by atoms with E-state index in [4.69, 9.17) is 0 Å². The van der Waals surface area contributed by atoms with Gasteiger partial charge in [-0.1, -0.05) is 42.5 Å². The Hall–Kier alpha value is -4.58. The average molecular weight is 419 g/mol. The number of anilines is 2. The van der Waals surface area contributed by atoms with Gasteiger partial charge in [-0.25, -0.2) is 4.90 Å². The van der Waals surface area contributed by atoms with Crippen LogP contribution in [0.3, 0.4) is 0 Å². The summed E-state index contributed by atoms with van der Waals surface area (Å²) in [5.74, 6) is -1.09. The fourth-order valence-electron chi connectivity index (χ4n) is 3.76. The predicted molar refractivity (Wildman–Crippen MR) is 123 cm³/mol. The first-order valence-electron chi connectivity index (χ1n) is 10.0. The van der Waals surface area contributed by atoms with Crippen molar-refractivity contribution in [2.45, 2.75) is 0 Å². The summed E-state index contributed by atoms with van der Waals surface area (Å²) in [7, 11) is 0. The van der Waals surface area contributed by atoms with Gasteiger partial charge in [-0.2, -0.15) is 0 Å². The lowest BCUT2D eigenvalue weighted by molar-refractivity contribution is -0.111. The number of carbonyl (C=O) groups is 3. The molecule has 0 fully saturated rings. The van der Waals surface area contributed by atoms with Crippen molar-refractivity contribution in [3.63, 3.8) is 0 Å². The molecule has 2 heterocycles. The van der Waals surface area contributed by atoms with E-state index in [2.05, 4.69) is 10.3 Å². The molecule has 0 saturated carbocycles. The molecule has 1 aliphatic rings. The maximum atomic E-state index is 12.7. The summed E-state index contributed by atoms with van der Waals surface area (Å²) in [5.41, 5.74) is 3.27. The lowest BCUT2D eigenvalue weighted by Crippen LogP contribution is -2.29. The summed E-state index contributed by atoms with van der Waals surface area (Å²) >= 11 is 0. The zero-order valence-corrected chi connectivity index (χ0v) is 16.9. The second-order valence-electron chi connectivity index (χ2n) is 7.29. The Morgan fingerprint density at radius 2 is 1.56 bits per heavy atom. The first-order valence-corrected chi connectivity index (χ1v) is 10.0. The normalized spacial score (nSPS) is 13.1. The van der Waals surface area contributed by atoms with Crippen molar-refractivity contribution in [3.05, 3.63) is 108 Å². The first-order chi connectivity index (χ1) is 15.6. The Bertz CT molecular complexity index is 1380. The quantitative estimate of drug-likeness (QED) is 0.385. The van der Waals surface area contributed by atoms with E-state index in [0.29, 0.717) is 22.5 Å². The van der Waals surface area contributed by atoms with Gasteiger partial charge in [0.25, 0.3) is 11.8 Å². The van der Waals surface area contributed by atoms with Crippen LogP contribution in [-0.2, 0) is 4.79 Å². The number of hydrogen-bond donors (Lipinski definition) is 1. The highest BCUT2D eigenvalue weighted by atomic mass is 16.2. The molecule has 6 nitrogen and oxygen atoms in total. The summed E-state index contributed by atoms with van der Waals surface area (Å²) in [4.78, 5) is 43.4. The third-order valence-electron chi connectivity index (χ3n) is 5.24. The maximum absolute atomic E-state index is 12.7. The molecule has 0 aliphatic carbocycles. The standard InChI is InChI=1S/C26H17N3O3/c30-23(14-13-18-7-3-6-17-8-5-15-27-24(17)18)28-19-9-4-10-20(16-19)29-25(31)21-11-1-2-12-22(21)26(29)32/h1-16H,(H,28,30)/b14-13+. The number of aromatic nitrogens is 1. The minimum absolute atomic E-state index is 0.336. The largest absolute Gasteiger partial charge is 0.322 e. The third kappa shape index (κ3) is 3.44. The van der Waals surface area contributed by atoms with Crippen LogP contribution < -0.4 is 10.2 Å². The number of benzene rings is 3. The van der Waals surface area contributed by atoms with Gasteiger partial charge in [-0.05, 0) is 42.5 Å². The van der Waals surface area contributed by atoms with Crippen LogP contribution in [-0.4, -0.2) is 22.7 Å². The number of nitrogens with zero attached hydrogens (tertiary/aromatic N) is 2. The molecular formula is C26H17N3O3. The van der Waals surface area contributed by atoms with E-state index in [-0.39, 0.29) is 17.7 Å². The van der Waals surface area contributed by atoms with Gasteiger partial charge in [-0.3, -0.25) is 19.4 Å². The number of carbonyl (C=O) groups excluding carboxylic acids is 3. The summed E-state index contributed by atoms with van der Waals surface area (Å²) in [6, 6.07) is 23.0. The van der Waals surface area contributed by atoms with Crippen LogP contribution in [0.15, 0.2) is 91.1 Å². The number of nitrogens with one attached hydrogen (secondary N) is 1. The zero-order valence-electron chi connectivity index (χ0n) is 16.9. The molecule has 0 saturated heterocycles. The highest BCUT2D eigenvalue weighted by molar-refractivity contribution is 6.34. The Kier molecular flexibility index (Phi) is 4.80. The second-order valence-corrected chi connectivity index (χ2v) is 7.29. The van der Waals surface area contributed by atoms with Crippen LogP contribution in [0.1, 0.15) is 26.3 Å². The lowest BCUT2D eigenvalue weighted by atomic mass is 10.1. The molecule has 0 spiro atoms. The van der Waals surface area contributed by atoms with E-state index in [1.54, 1.807) is 60.8 Å². The van der Waals surface area contributed by atoms with Crippen molar-refractivity contribution in [2.75, 3.05) is 10.2 Å². The van der Waals surface area contributed by atoms with Gasteiger partial charge in [0.1, 0.15) is 0 Å². The fraction of sp³-hybridized carbons (Fsp3) is 0. The summed E-state index contributed by atoms with van der Waals surface area (Å²) < 4.78 is 0. The van der Waals surface area contributed by atoms with E-state index >= 15 is 0 Å². The summed E-state index contributed by atoms with van der Waals surface area (Å²) in [6.07, 6.45) is 4.85. The third-order valence-corrected chi connectivity index (χ3v) is 5.24. The van der Waals surface area contributed by atoms with Gasteiger partial charge in [0.2, 0.25) is 5.91 Å². The number of pyridine rings is 1. The van der Waals surface area contributed by atoms with E-state index in [1.807, 2.05) is 30.3 Å². The highest BCUT2D eigenvalue weighted by Crippen LogP contribution is 2.29. The molecule has 0 bridgehead atoms. The van der Waals surface area contributed by atoms with E-state index < -0.39 is 0 Å². The van der Waals surface area contributed by atoms with Crippen LogP contribution in [0.5, 0.6) is 0 Å². The molecule has 1 aromatic heterocycles. The maximum Gasteiger partial charge on any atom is 0.266 e. The summed E-state index contributed by atoms with van der Waals surface area (Å²) in [6.45, 7) is 0. The Morgan fingerprint density at radius 1 is 0.844 bits per heavy atom. The molecule has 0 radical (unpaired) electrons. The van der Waals surface area contributed by atoms with Gasteiger partial charge in [-0.15, -0.1) is 0 Å².